The van der Waals surface area contributed by atoms with Crippen LogP contribution in [0.5, 0.6) is 0 Å². The van der Waals surface area contributed by atoms with Gasteiger partial charge >= 0.3 is 0 Å². The van der Waals surface area contributed by atoms with E-state index in [2.05, 4.69) is 24.5 Å². The normalized spacial score (nSPS) is 22.7. The van der Waals surface area contributed by atoms with Gasteiger partial charge in [-0.25, -0.2) is 0 Å². The Hall–Kier alpha value is -0.0800. The Morgan fingerprint density at radius 1 is 1.06 bits per heavy atom. The predicted octanol–water partition coefficient (Wildman–Crippen LogP) is 2.40. The summed E-state index contributed by atoms with van der Waals surface area (Å²) in [6.45, 7) is 8.04. The molecule has 0 bridgehead atoms. The quantitative estimate of drug-likeness (QED) is 0.588. The van der Waals surface area contributed by atoms with E-state index in [0.717, 1.165) is 30.8 Å². The summed E-state index contributed by atoms with van der Waals surface area (Å²) in [5.41, 5.74) is 0. The summed E-state index contributed by atoms with van der Waals surface area (Å²) in [7, 11) is 0. The van der Waals surface area contributed by atoms with Gasteiger partial charge in [0, 0.05) is 19.1 Å². The fourth-order valence-electron chi connectivity index (χ4n) is 2.59. The molecule has 2 N–H and O–H groups in total. The Morgan fingerprint density at radius 3 is 2.19 bits per heavy atom. The van der Waals surface area contributed by atoms with Crippen LogP contribution in [-0.2, 0) is 0 Å². The first-order chi connectivity index (χ1) is 7.81. The summed E-state index contributed by atoms with van der Waals surface area (Å²) < 4.78 is 0. The first-order valence-corrected chi connectivity index (χ1v) is 7.25. The van der Waals surface area contributed by atoms with Gasteiger partial charge in [-0.2, -0.15) is 0 Å². The Bertz CT molecular complexity index is 185. The van der Waals surface area contributed by atoms with Gasteiger partial charge in [0.2, 0.25) is 0 Å². The zero-order valence-corrected chi connectivity index (χ0v) is 11.0. The number of hydrogen-bond donors (Lipinski definition) is 2. The second-order valence-electron chi connectivity index (χ2n) is 5.81. The summed E-state index contributed by atoms with van der Waals surface area (Å²) >= 11 is 0. The van der Waals surface area contributed by atoms with Gasteiger partial charge in [-0.05, 0) is 63.3 Å². The highest BCUT2D eigenvalue weighted by Gasteiger charge is 2.40. The number of hydrogen-bond acceptors (Lipinski definition) is 2. The Labute approximate surface area is 101 Å². The molecule has 2 fully saturated rings. The fraction of sp³-hybridized carbons (Fsp3) is 1.00. The molecule has 0 spiro atoms. The highest BCUT2D eigenvalue weighted by molar-refractivity contribution is 4.92. The smallest absolute Gasteiger partial charge is 0.00792 e. The molecule has 2 saturated carbocycles. The summed E-state index contributed by atoms with van der Waals surface area (Å²) in [6, 6.07) is 0.671. The lowest BCUT2D eigenvalue weighted by molar-refractivity contribution is 0.376. The van der Waals surface area contributed by atoms with Crippen LogP contribution in [0.2, 0.25) is 0 Å². The van der Waals surface area contributed by atoms with Gasteiger partial charge in [0.05, 0.1) is 0 Å². The predicted molar refractivity (Wildman–Crippen MR) is 69.6 cm³/mol. The number of nitrogens with one attached hydrogen (secondary N) is 2. The van der Waals surface area contributed by atoms with Crippen molar-refractivity contribution in [1.82, 2.24) is 10.6 Å². The van der Waals surface area contributed by atoms with E-state index in [1.54, 1.807) is 0 Å². The van der Waals surface area contributed by atoms with E-state index in [4.69, 9.17) is 0 Å². The first kappa shape index (κ1) is 12.4. The maximum atomic E-state index is 3.65. The highest BCUT2D eigenvalue weighted by Crippen LogP contribution is 2.48. The molecule has 2 aliphatic rings. The zero-order valence-electron chi connectivity index (χ0n) is 11.0. The molecule has 1 atom stereocenters. The second kappa shape index (κ2) is 6.02. The van der Waals surface area contributed by atoms with Crippen molar-refractivity contribution < 1.29 is 0 Å². The molecule has 0 radical (unpaired) electrons. The molecule has 0 amide bonds. The second-order valence-corrected chi connectivity index (χ2v) is 5.81. The zero-order chi connectivity index (χ0) is 11.4. The van der Waals surface area contributed by atoms with Gasteiger partial charge in [-0.1, -0.05) is 6.92 Å². The molecule has 16 heavy (non-hydrogen) atoms. The van der Waals surface area contributed by atoms with Gasteiger partial charge in [0.1, 0.15) is 0 Å². The van der Waals surface area contributed by atoms with E-state index < -0.39 is 0 Å². The SMILES string of the molecule is CCC(C)NCCNCC(C1CC1)C1CC1. The van der Waals surface area contributed by atoms with Crippen LogP contribution >= 0.6 is 0 Å². The van der Waals surface area contributed by atoms with Crippen molar-refractivity contribution in [2.45, 2.75) is 52.0 Å². The van der Waals surface area contributed by atoms with Gasteiger partial charge < -0.3 is 10.6 Å². The molecule has 0 heterocycles. The van der Waals surface area contributed by atoms with E-state index in [-0.39, 0.29) is 0 Å². The molecule has 0 aromatic heterocycles. The van der Waals surface area contributed by atoms with Crippen LogP contribution in [0.15, 0.2) is 0 Å². The molecular formula is C14H28N2. The lowest BCUT2D eigenvalue weighted by Gasteiger charge is -2.17. The molecule has 0 aromatic carbocycles. The molecule has 0 aliphatic heterocycles. The van der Waals surface area contributed by atoms with E-state index in [0.29, 0.717) is 6.04 Å². The molecule has 0 aromatic rings. The minimum atomic E-state index is 0.671. The minimum absolute atomic E-state index is 0.671. The first-order valence-electron chi connectivity index (χ1n) is 7.25. The fourth-order valence-corrected chi connectivity index (χ4v) is 2.59. The number of rotatable bonds is 9. The third-order valence-corrected chi connectivity index (χ3v) is 4.24. The van der Waals surface area contributed by atoms with Gasteiger partial charge in [0.25, 0.3) is 0 Å². The molecule has 94 valence electrons. The van der Waals surface area contributed by atoms with Gasteiger partial charge in [-0.3, -0.25) is 0 Å². The summed E-state index contributed by atoms with van der Waals surface area (Å²) in [6.07, 6.45) is 7.26. The van der Waals surface area contributed by atoms with Crippen molar-refractivity contribution in [3.05, 3.63) is 0 Å². The molecular weight excluding hydrogens is 196 g/mol. The molecule has 2 aliphatic carbocycles. The van der Waals surface area contributed by atoms with Crippen LogP contribution in [-0.4, -0.2) is 25.7 Å². The molecule has 2 rings (SSSR count). The van der Waals surface area contributed by atoms with Crippen molar-refractivity contribution in [3.63, 3.8) is 0 Å². The Morgan fingerprint density at radius 2 is 1.69 bits per heavy atom. The van der Waals surface area contributed by atoms with Crippen molar-refractivity contribution in [3.8, 4) is 0 Å². The van der Waals surface area contributed by atoms with Crippen LogP contribution in [0.1, 0.15) is 46.0 Å². The van der Waals surface area contributed by atoms with Crippen molar-refractivity contribution in [2.24, 2.45) is 17.8 Å². The van der Waals surface area contributed by atoms with E-state index in [9.17, 15) is 0 Å². The lowest BCUT2D eigenvalue weighted by Crippen LogP contribution is -2.35. The van der Waals surface area contributed by atoms with Gasteiger partial charge in [0.15, 0.2) is 0 Å². The largest absolute Gasteiger partial charge is 0.315 e. The van der Waals surface area contributed by atoms with Crippen LogP contribution in [0.4, 0.5) is 0 Å². The molecule has 1 unspecified atom stereocenters. The molecule has 2 heteroatoms. The Balaban J connectivity index is 1.49. The maximum Gasteiger partial charge on any atom is 0.00792 e. The van der Waals surface area contributed by atoms with Crippen LogP contribution in [0, 0.1) is 17.8 Å². The summed E-state index contributed by atoms with van der Waals surface area (Å²) in [4.78, 5) is 0. The monoisotopic (exact) mass is 224 g/mol. The molecule has 2 nitrogen and oxygen atoms in total. The summed E-state index contributed by atoms with van der Waals surface area (Å²) in [5, 5.41) is 7.18. The Kier molecular flexibility index (Phi) is 4.66. The lowest BCUT2D eigenvalue weighted by atomic mass is 9.98. The summed E-state index contributed by atoms with van der Waals surface area (Å²) in [5.74, 6) is 3.19. The van der Waals surface area contributed by atoms with Crippen LogP contribution in [0.25, 0.3) is 0 Å². The molecule has 0 saturated heterocycles. The van der Waals surface area contributed by atoms with E-state index in [1.807, 2.05) is 0 Å². The van der Waals surface area contributed by atoms with Crippen molar-refractivity contribution in [2.75, 3.05) is 19.6 Å². The third-order valence-electron chi connectivity index (χ3n) is 4.24. The topological polar surface area (TPSA) is 24.1 Å². The van der Waals surface area contributed by atoms with Crippen molar-refractivity contribution in [1.29, 1.82) is 0 Å². The van der Waals surface area contributed by atoms with E-state index in [1.165, 1.54) is 38.6 Å². The average Bonchev–Trinajstić information content (AvgIpc) is 3.16. The van der Waals surface area contributed by atoms with E-state index >= 15 is 0 Å². The highest BCUT2D eigenvalue weighted by atomic mass is 15.0. The van der Waals surface area contributed by atoms with Gasteiger partial charge in [-0.15, -0.1) is 0 Å². The van der Waals surface area contributed by atoms with Crippen LogP contribution in [0.3, 0.4) is 0 Å². The standard InChI is InChI=1S/C14H28N2/c1-3-11(2)16-9-8-15-10-14(12-4-5-12)13-6-7-13/h11-16H,3-10H2,1-2H3. The third kappa shape index (κ3) is 4.06. The van der Waals surface area contributed by atoms with Crippen molar-refractivity contribution >= 4 is 0 Å². The van der Waals surface area contributed by atoms with Crippen LogP contribution < -0.4 is 10.6 Å². The average molecular weight is 224 g/mol. The minimum Gasteiger partial charge on any atom is -0.315 e. The maximum absolute atomic E-state index is 3.65.